The van der Waals surface area contributed by atoms with Gasteiger partial charge in [-0.15, -0.1) is 0 Å². The van der Waals surface area contributed by atoms with Crippen molar-refractivity contribution in [1.82, 2.24) is 0 Å². The van der Waals surface area contributed by atoms with Gasteiger partial charge in [-0.1, -0.05) is 103 Å². The lowest BCUT2D eigenvalue weighted by atomic mass is 9.93. The van der Waals surface area contributed by atoms with Crippen molar-refractivity contribution in [3.63, 3.8) is 0 Å². The Morgan fingerprint density at radius 2 is 1.31 bits per heavy atom. The topological polar surface area (TPSA) is 4.36 Å². The first-order valence-electron chi connectivity index (χ1n) is 9.43. The minimum atomic E-state index is 0.481. The lowest BCUT2D eigenvalue weighted by Crippen LogP contribution is -1.84. The van der Waals surface area contributed by atoms with Crippen LogP contribution in [0.2, 0.25) is 5.02 Å². The normalized spacial score (nSPS) is 10.9. The summed E-state index contributed by atoms with van der Waals surface area (Å²) in [5.41, 5.74) is 4.94. The van der Waals surface area contributed by atoms with Crippen molar-refractivity contribution in [2.24, 2.45) is 0 Å². The van der Waals surface area contributed by atoms with Gasteiger partial charge in [0, 0.05) is 5.02 Å². The first-order valence-corrected chi connectivity index (χ1v) is 9.81. The van der Waals surface area contributed by atoms with Crippen LogP contribution in [0.4, 0.5) is 5.69 Å². The van der Waals surface area contributed by atoms with Gasteiger partial charge in [0.2, 0.25) is 5.69 Å². The van der Waals surface area contributed by atoms with E-state index in [-0.39, 0.29) is 0 Å². The number of benzene rings is 5. The molecule has 0 spiro atoms. The second-order valence-electron chi connectivity index (χ2n) is 7.04. The zero-order valence-electron chi connectivity index (χ0n) is 15.6. The van der Waals surface area contributed by atoms with Gasteiger partial charge in [-0.05, 0) is 49.9 Å². The molecule has 5 rings (SSSR count). The van der Waals surface area contributed by atoms with Crippen LogP contribution in [0.5, 0.6) is 0 Å². The smallest absolute Gasteiger partial charge is 0.206 e. The van der Waals surface area contributed by atoms with Crippen molar-refractivity contribution in [3.8, 4) is 22.3 Å². The van der Waals surface area contributed by atoms with Gasteiger partial charge in [0.15, 0.2) is 0 Å². The van der Waals surface area contributed by atoms with Gasteiger partial charge in [0.25, 0.3) is 0 Å². The van der Waals surface area contributed by atoms with E-state index in [2.05, 4.69) is 83.7 Å². The molecule has 0 amide bonds. The number of hydrogen-bond donors (Lipinski definition) is 0. The van der Waals surface area contributed by atoms with Gasteiger partial charge in [0.05, 0.1) is 6.57 Å². The van der Waals surface area contributed by atoms with Gasteiger partial charge in [-0.2, -0.15) is 0 Å². The Morgan fingerprint density at radius 3 is 2.14 bits per heavy atom. The Kier molecular flexibility index (Phi) is 4.28. The summed E-state index contributed by atoms with van der Waals surface area (Å²) in [7, 11) is 0. The third-order valence-corrected chi connectivity index (χ3v) is 5.70. The number of halogens is 1. The molecule has 0 saturated carbocycles. The summed E-state index contributed by atoms with van der Waals surface area (Å²) < 4.78 is 0. The molecule has 0 unspecified atom stereocenters. The minimum absolute atomic E-state index is 0.481. The Bertz CT molecular complexity index is 1410. The molecule has 2 heteroatoms. The van der Waals surface area contributed by atoms with E-state index >= 15 is 0 Å². The maximum Gasteiger partial charge on any atom is 0.206 e. The van der Waals surface area contributed by atoms with Crippen LogP contribution < -0.4 is 0 Å². The molecule has 1 nitrogen and oxygen atoms in total. The average Bonchev–Trinajstić information content (AvgIpc) is 2.79. The van der Waals surface area contributed by atoms with Crippen LogP contribution in [0.15, 0.2) is 97.1 Å². The third kappa shape index (κ3) is 3.05. The first-order chi connectivity index (χ1) is 14.2. The Balaban J connectivity index is 1.61. The molecule has 0 aliphatic carbocycles. The predicted octanol–water partition coefficient (Wildman–Crippen LogP) is 8.53. The van der Waals surface area contributed by atoms with E-state index in [1.807, 2.05) is 12.1 Å². The van der Waals surface area contributed by atoms with E-state index in [1.165, 1.54) is 32.7 Å². The van der Waals surface area contributed by atoms with E-state index in [1.54, 1.807) is 6.07 Å². The van der Waals surface area contributed by atoms with Crippen LogP contribution in [0.3, 0.4) is 0 Å². The quantitative estimate of drug-likeness (QED) is 0.210. The van der Waals surface area contributed by atoms with E-state index < -0.39 is 0 Å². The molecule has 5 aromatic rings. The molecule has 136 valence electrons. The highest BCUT2D eigenvalue weighted by Gasteiger charge is 2.08. The molecular weight excluding hydrogens is 374 g/mol. The van der Waals surface area contributed by atoms with Gasteiger partial charge >= 0.3 is 0 Å². The SMILES string of the molecule is [C-]#[N+]c1cc(-c2ccc(-c3cccc4c3ccc3ccccc34)cc2)ccc1Cl. The fourth-order valence-corrected chi connectivity index (χ4v) is 4.07. The number of hydrogen-bond acceptors (Lipinski definition) is 0. The van der Waals surface area contributed by atoms with Crippen molar-refractivity contribution < 1.29 is 0 Å². The number of nitrogens with zero attached hydrogens (tertiary/aromatic N) is 1. The van der Waals surface area contributed by atoms with Gasteiger partial charge in [0.1, 0.15) is 0 Å². The van der Waals surface area contributed by atoms with Crippen LogP contribution in [0, 0.1) is 6.57 Å². The second kappa shape index (κ2) is 7.09. The molecule has 0 bridgehead atoms. The summed E-state index contributed by atoms with van der Waals surface area (Å²) in [5, 5.41) is 5.54. The van der Waals surface area contributed by atoms with E-state index in [0.29, 0.717) is 10.7 Å². The van der Waals surface area contributed by atoms with Crippen LogP contribution in [0.1, 0.15) is 0 Å². The maximum atomic E-state index is 7.26. The predicted molar refractivity (Wildman–Crippen MR) is 124 cm³/mol. The molecule has 0 aliphatic rings. The van der Waals surface area contributed by atoms with Crippen LogP contribution in [-0.4, -0.2) is 0 Å². The average molecular weight is 390 g/mol. The molecule has 0 fully saturated rings. The molecule has 0 saturated heterocycles. The molecule has 0 heterocycles. The van der Waals surface area contributed by atoms with Gasteiger partial charge in [-0.3, -0.25) is 0 Å². The highest BCUT2D eigenvalue weighted by Crippen LogP contribution is 2.35. The zero-order valence-corrected chi connectivity index (χ0v) is 16.3. The summed E-state index contributed by atoms with van der Waals surface area (Å²) in [6.45, 7) is 7.26. The fourth-order valence-electron chi connectivity index (χ4n) is 3.91. The Labute approximate surface area is 174 Å². The zero-order chi connectivity index (χ0) is 19.8. The largest absolute Gasteiger partial charge is 0.237 e. The van der Waals surface area contributed by atoms with Crippen molar-refractivity contribution in [2.75, 3.05) is 0 Å². The highest BCUT2D eigenvalue weighted by atomic mass is 35.5. The van der Waals surface area contributed by atoms with Crippen molar-refractivity contribution in [1.29, 1.82) is 0 Å². The van der Waals surface area contributed by atoms with E-state index in [9.17, 15) is 0 Å². The summed E-state index contributed by atoms with van der Waals surface area (Å²) in [5.74, 6) is 0. The van der Waals surface area contributed by atoms with E-state index in [4.69, 9.17) is 18.2 Å². The summed E-state index contributed by atoms with van der Waals surface area (Å²) in [6.07, 6.45) is 0. The fraction of sp³-hybridized carbons (Fsp3) is 0. The highest BCUT2D eigenvalue weighted by molar-refractivity contribution is 6.33. The minimum Gasteiger partial charge on any atom is -0.237 e. The first kappa shape index (κ1) is 17.5. The molecule has 5 aromatic carbocycles. The molecular formula is C27H16ClN. The lowest BCUT2D eigenvalue weighted by Gasteiger charge is -2.11. The van der Waals surface area contributed by atoms with Crippen molar-refractivity contribution >= 4 is 38.8 Å². The van der Waals surface area contributed by atoms with Gasteiger partial charge < -0.3 is 0 Å². The van der Waals surface area contributed by atoms with Crippen molar-refractivity contribution in [2.45, 2.75) is 0 Å². The molecule has 0 N–H and O–H groups in total. The molecule has 29 heavy (non-hydrogen) atoms. The Hall–Kier alpha value is -3.60. The molecule has 0 atom stereocenters. The molecule has 0 radical (unpaired) electrons. The second-order valence-corrected chi connectivity index (χ2v) is 7.45. The molecule has 0 aliphatic heterocycles. The van der Waals surface area contributed by atoms with E-state index in [0.717, 1.165) is 11.1 Å². The number of rotatable bonds is 2. The third-order valence-electron chi connectivity index (χ3n) is 5.38. The summed E-state index contributed by atoms with van der Waals surface area (Å²) in [6, 6.07) is 33.5. The Morgan fingerprint density at radius 1 is 0.586 bits per heavy atom. The monoisotopic (exact) mass is 389 g/mol. The van der Waals surface area contributed by atoms with Gasteiger partial charge in [-0.25, -0.2) is 4.85 Å². The van der Waals surface area contributed by atoms with Crippen LogP contribution >= 0.6 is 11.6 Å². The van der Waals surface area contributed by atoms with Crippen molar-refractivity contribution in [3.05, 3.63) is 114 Å². The molecule has 0 aromatic heterocycles. The van der Waals surface area contributed by atoms with Crippen LogP contribution in [0.25, 0.3) is 48.6 Å². The number of fused-ring (bicyclic) bond motifs is 3. The maximum absolute atomic E-state index is 7.26. The summed E-state index contributed by atoms with van der Waals surface area (Å²) >= 11 is 6.07. The standard InChI is InChI=1S/C27H16ClN/c1-29-27-17-21(14-16-26(27)28)18-9-11-20(12-10-18)23-7-4-8-24-22-6-3-2-5-19(22)13-15-25(23)24/h2-17H. The lowest BCUT2D eigenvalue weighted by molar-refractivity contribution is 1.61. The summed E-state index contributed by atoms with van der Waals surface area (Å²) in [4.78, 5) is 3.50. The van der Waals surface area contributed by atoms with Crippen LogP contribution in [-0.2, 0) is 0 Å².